The number of hydrogen-bond donors (Lipinski definition) is 0. The van der Waals surface area contributed by atoms with Crippen LogP contribution in [0.2, 0.25) is 0 Å². The van der Waals surface area contributed by atoms with Crippen LogP contribution in [-0.2, 0) is 11.3 Å². The fourth-order valence-electron chi connectivity index (χ4n) is 4.53. The number of ether oxygens (including phenoxy) is 2. The van der Waals surface area contributed by atoms with E-state index in [0.29, 0.717) is 23.4 Å². The van der Waals surface area contributed by atoms with Gasteiger partial charge in [0.1, 0.15) is 0 Å². The van der Waals surface area contributed by atoms with Crippen LogP contribution in [0.3, 0.4) is 0 Å². The Morgan fingerprint density at radius 1 is 1.26 bits per heavy atom. The maximum Gasteiger partial charge on any atom is 0.341 e. The summed E-state index contributed by atoms with van der Waals surface area (Å²) < 4.78 is 28.1. The zero-order chi connectivity index (χ0) is 21.6. The van der Waals surface area contributed by atoms with Crippen LogP contribution < -0.4 is 4.74 Å². The quantitative estimate of drug-likeness (QED) is 0.556. The fraction of sp³-hybridized carbons (Fsp3) is 0.571. The normalized spacial score (nSPS) is 17.9. The average molecular weight is 428 g/mol. The number of rotatable bonds is 6. The molecular weight excluding hydrogens is 403 g/mol. The van der Waals surface area contributed by atoms with Crippen molar-refractivity contribution in [1.82, 2.24) is 29.5 Å². The maximum absolute atomic E-state index is 14.8. The molecule has 0 aliphatic heterocycles. The third-order valence-electron chi connectivity index (χ3n) is 6.55. The minimum Gasteiger partial charge on any atom is -0.479 e. The summed E-state index contributed by atoms with van der Waals surface area (Å²) in [4.78, 5) is 20.6. The van der Waals surface area contributed by atoms with E-state index in [0.717, 1.165) is 12.8 Å². The molecule has 164 valence electrons. The van der Waals surface area contributed by atoms with Gasteiger partial charge in [-0.15, -0.1) is 5.10 Å². The number of nitrogens with zero attached hydrogens (tertiary/aromatic N) is 6. The van der Waals surface area contributed by atoms with E-state index in [9.17, 15) is 9.18 Å². The number of halogens is 1. The van der Waals surface area contributed by atoms with Crippen LogP contribution in [0, 0.1) is 17.3 Å². The highest BCUT2D eigenvalue weighted by Crippen LogP contribution is 2.57. The van der Waals surface area contributed by atoms with E-state index in [1.54, 1.807) is 11.6 Å². The van der Waals surface area contributed by atoms with E-state index in [2.05, 4.69) is 20.2 Å². The lowest BCUT2D eigenvalue weighted by atomic mass is 9.80. The first kappa shape index (κ1) is 19.9. The number of aromatic nitrogens is 6. The molecule has 0 amide bonds. The van der Waals surface area contributed by atoms with E-state index in [1.807, 2.05) is 0 Å². The number of carbonyl (C=O) groups excluding carboxylic acids is 1. The fourth-order valence-corrected chi connectivity index (χ4v) is 4.53. The minimum absolute atomic E-state index is 0.0736. The molecule has 9 nitrogen and oxygen atoms in total. The van der Waals surface area contributed by atoms with Crippen LogP contribution in [0.1, 0.15) is 55.8 Å². The molecule has 2 fully saturated rings. The molecule has 0 saturated heterocycles. The van der Waals surface area contributed by atoms with Gasteiger partial charge in [-0.25, -0.2) is 14.5 Å². The zero-order valence-corrected chi connectivity index (χ0v) is 17.7. The van der Waals surface area contributed by atoms with Crippen LogP contribution in [0.15, 0.2) is 12.4 Å². The summed E-state index contributed by atoms with van der Waals surface area (Å²) in [7, 11) is 1.48. The third-order valence-corrected chi connectivity index (χ3v) is 6.55. The minimum atomic E-state index is -0.677. The molecule has 5 rings (SSSR count). The van der Waals surface area contributed by atoms with Crippen molar-refractivity contribution in [3.05, 3.63) is 23.9 Å². The predicted octanol–water partition coefficient (Wildman–Crippen LogP) is 3.31. The monoisotopic (exact) mass is 428 g/mol. The van der Waals surface area contributed by atoms with Crippen molar-refractivity contribution in [3.8, 4) is 11.8 Å². The predicted molar refractivity (Wildman–Crippen MR) is 109 cm³/mol. The molecule has 10 heteroatoms. The molecule has 31 heavy (non-hydrogen) atoms. The lowest BCUT2D eigenvalue weighted by molar-refractivity contribution is 0.0526. The highest BCUT2D eigenvalue weighted by molar-refractivity contribution is 5.88. The second kappa shape index (κ2) is 7.58. The number of hydrogen-bond acceptors (Lipinski definition) is 7. The summed E-state index contributed by atoms with van der Waals surface area (Å²) in [6.07, 6.45) is 10.3. The summed E-state index contributed by atoms with van der Waals surface area (Å²) in [5.41, 5.74) is 1.37. The molecule has 3 aromatic rings. The first-order valence-electron chi connectivity index (χ1n) is 10.7. The van der Waals surface area contributed by atoms with Gasteiger partial charge in [0, 0.05) is 12.7 Å². The molecule has 3 heterocycles. The molecule has 2 aliphatic carbocycles. The zero-order valence-electron chi connectivity index (χ0n) is 17.7. The molecule has 2 saturated carbocycles. The van der Waals surface area contributed by atoms with E-state index < -0.39 is 11.9 Å². The van der Waals surface area contributed by atoms with Crippen LogP contribution in [0.4, 0.5) is 4.39 Å². The van der Waals surface area contributed by atoms with Crippen molar-refractivity contribution in [1.29, 1.82) is 0 Å². The van der Waals surface area contributed by atoms with Crippen LogP contribution in [-0.4, -0.2) is 49.2 Å². The Hall–Kier alpha value is -3.04. The topological polar surface area (TPSA) is 96.9 Å². The molecule has 0 radical (unpaired) electrons. The standard InChI is InChI=1S/C21H25FN6O3/c1-3-31-19(29)14-10-23-28(12-14)20-24-15-16(18(25-20)30-2)27(26-17(15)22)11-13-4-6-21(7-5-13)8-9-21/h10,12-13H,3-9,11H2,1-2H3. The smallest absolute Gasteiger partial charge is 0.341 e. The summed E-state index contributed by atoms with van der Waals surface area (Å²) >= 11 is 0. The van der Waals surface area contributed by atoms with Gasteiger partial charge in [-0.3, -0.25) is 4.68 Å². The Balaban J connectivity index is 1.45. The average Bonchev–Trinajstić information content (AvgIpc) is 3.20. The lowest BCUT2D eigenvalue weighted by Crippen LogP contribution is -2.20. The second-order valence-corrected chi connectivity index (χ2v) is 8.54. The van der Waals surface area contributed by atoms with Gasteiger partial charge in [0.15, 0.2) is 11.0 Å². The van der Waals surface area contributed by atoms with E-state index in [1.165, 1.54) is 49.9 Å². The van der Waals surface area contributed by atoms with Gasteiger partial charge < -0.3 is 9.47 Å². The summed E-state index contributed by atoms with van der Waals surface area (Å²) in [6.45, 7) is 2.60. The molecule has 0 N–H and O–H groups in total. The SMILES string of the molecule is CCOC(=O)c1cnn(-c2nc(OC)c3c(n2)c(F)nn3CC2CCC3(CC2)CC3)c1. The Morgan fingerprint density at radius 2 is 2.03 bits per heavy atom. The Bertz CT molecular complexity index is 1130. The van der Waals surface area contributed by atoms with Gasteiger partial charge in [0.2, 0.25) is 5.88 Å². The molecule has 0 bridgehead atoms. The first-order valence-corrected chi connectivity index (χ1v) is 10.7. The van der Waals surface area contributed by atoms with E-state index >= 15 is 0 Å². The number of carbonyl (C=O) groups is 1. The Morgan fingerprint density at radius 3 is 2.71 bits per heavy atom. The maximum atomic E-state index is 14.8. The van der Waals surface area contributed by atoms with Gasteiger partial charge in [0.05, 0.1) is 25.5 Å². The highest BCUT2D eigenvalue weighted by atomic mass is 19.1. The van der Waals surface area contributed by atoms with E-state index in [4.69, 9.17) is 9.47 Å². The van der Waals surface area contributed by atoms with Crippen LogP contribution in [0.5, 0.6) is 5.88 Å². The van der Waals surface area contributed by atoms with Gasteiger partial charge in [-0.05, 0) is 56.8 Å². The number of esters is 1. The molecule has 1 spiro atoms. The summed E-state index contributed by atoms with van der Waals surface area (Å²) in [6, 6.07) is 0. The van der Waals surface area contributed by atoms with Crippen molar-refractivity contribution in [3.63, 3.8) is 0 Å². The second-order valence-electron chi connectivity index (χ2n) is 8.54. The summed E-state index contributed by atoms with van der Waals surface area (Å²) in [5, 5.41) is 8.21. The van der Waals surface area contributed by atoms with Gasteiger partial charge in [-0.2, -0.15) is 14.5 Å². The van der Waals surface area contributed by atoms with Crippen molar-refractivity contribution in [2.75, 3.05) is 13.7 Å². The molecule has 0 aromatic carbocycles. The molecule has 3 aromatic heterocycles. The largest absolute Gasteiger partial charge is 0.479 e. The number of methoxy groups -OCH3 is 1. The van der Waals surface area contributed by atoms with Crippen molar-refractivity contribution in [2.45, 2.75) is 52.0 Å². The van der Waals surface area contributed by atoms with Gasteiger partial charge >= 0.3 is 5.97 Å². The van der Waals surface area contributed by atoms with Crippen molar-refractivity contribution >= 4 is 17.0 Å². The van der Waals surface area contributed by atoms with Crippen molar-refractivity contribution in [2.24, 2.45) is 11.3 Å². The third kappa shape index (κ3) is 3.64. The van der Waals surface area contributed by atoms with Gasteiger partial charge in [0.25, 0.3) is 11.9 Å². The Labute approximate surface area is 178 Å². The number of fused-ring (bicyclic) bond motifs is 1. The first-order chi connectivity index (χ1) is 15.0. The Kier molecular flexibility index (Phi) is 4.86. The van der Waals surface area contributed by atoms with Crippen molar-refractivity contribution < 1.29 is 18.7 Å². The van der Waals surface area contributed by atoms with Crippen LogP contribution >= 0.6 is 0 Å². The molecule has 0 atom stereocenters. The molecule has 0 unspecified atom stereocenters. The summed E-state index contributed by atoms with van der Waals surface area (Å²) in [5.74, 6) is -0.410. The molecule has 2 aliphatic rings. The highest BCUT2D eigenvalue weighted by Gasteiger charge is 2.44. The van der Waals surface area contributed by atoms with E-state index in [-0.39, 0.29) is 29.5 Å². The van der Waals surface area contributed by atoms with Gasteiger partial charge in [-0.1, -0.05) is 0 Å². The van der Waals surface area contributed by atoms with Crippen LogP contribution in [0.25, 0.3) is 17.0 Å². The lowest BCUT2D eigenvalue weighted by Gasteiger charge is -2.28. The molecular formula is C21H25FN6O3.